The van der Waals surface area contributed by atoms with Gasteiger partial charge in [-0.05, 0) is 29.3 Å². The lowest BCUT2D eigenvalue weighted by atomic mass is 10.2. The van der Waals surface area contributed by atoms with Crippen LogP contribution in [0.15, 0.2) is 21.2 Å². The molecular formula is C12H18N4O2S. The molecule has 0 aliphatic carbocycles. The van der Waals surface area contributed by atoms with Crippen molar-refractivity contribution in [1.82, 2.24) is 15.5 Å². The Hall–Kier alpha value is -1.44. The fourth-order valence-corrected chi connectivity index (χ4v) is 2.30. The number of rotatable bonds is 8. The maximum atomic E-state index is 5.50. The molecule has 0 aromatic carbocycles. The van der Waals surface area contributed by atoms with Gasteiger partial charge < -0.3 is 19.8 Å². The Morgan fingerprint density at radius 3 is 3.11 bits per heavy atom. The summed E-state index contributed by atoms with van der Waals surface area (Å²) < 4.78 is 10.4. The van der Waals surface area contributed by atoms with Gasteiger partial charge in [-0.15, -0.1) is 5.10 Å². The van der Waals surface area contributed by atoms with Crippen LogP contribution in [-0.2, 0) is 11.3 Å². The highest BCUT2D eigenvalue weighted by Crippen LogP contribution is 2.20. The molecule has 2 aromatic heterocycles. The van der Waals surface area contributed by atoms with E-state index in [1.54, 1.807) is 18.4 Å². The van der Waals surface area contributed by atoms with E-state index in [9.17, 15) is 0 Å². The van der Waals surface area contributed by atoms with Crippen LogP contribution in [0.5, 0.6) is 0 Å². The van der Waals surface area contributed by atoms with Gasteiger partial charge in [-0.3, -0.25) is 0 Å². The van der Waals surface area contributed by atoms with Crippen molar-refractivity contribution < 1.29 is 9.15 Å². The van der Waals surface area contributed by atoms with Gasteiger partial charge in [-0.25, -0.2) is 0 Å². The molecule has 0 spiro atoms. The molecule has 2 heterocycles. The summed E-state index contributed by atoms with van der Waals surface area (Å²) in [5.41, 5.74) is 1.21. The molecule has 7 heteroatoms. The molecule has 0 saturated carbocycles. The number of anilines is 1. The maximum absolute atomic E-state index is 5.50. The minimum Gasteiger partial charge on any atom is -0.407 e. The van der Waals surface area contributed by atoms with Crippen LogP contribution in [-0.4, -0.2) is 30.5 Å². The van der Waals surface area contributed by atoms with Gasteiger partial charge >= 0.3 is 6.01 Å². The van der Waals surface area contributed by atoms with Gasteiger partial charge in [-0.2, -0.15) is 11.3 Å². The van der Waals surface area contributed by atoms with E-state index in [0.29, 0.717) is 25.1 Å². The standard InChI is InChI=1S/C12H18N4O2S/c1-9(10-3-6-19-8-10)14-12-16-15-11(18-12)7-13-4-5-17-2/h3,6,8-9,13H,4-5,7H2,1-2H3,(H,14,16). The number of nitrogens with zero attached hydrogens (tertiary/aromatic N) is 2. The molecule has 0 fully saturated rings. The Kier molecular flexibility index (Phi) is 5.31. The molecule has 0 radical (unpaired) electrons. The second-order valence-electron chi connectivity index (χ2n) is 4.09. The Bertz CT molecular complexity index is 472. The van der Waals surface area contributed by atoms with Crippen molar-refractivity contribution >= 4 is 17.4 Å². The number of nitrogens with one attached hydrogen (secondary N) is 2. The van der Waals surface area contributed by atoms with E-state index in [4.69, 9.17) is 9.15 Å². The van der Waals surface area contributed by atoms with Crippen molar-refractivity contribution in [1.29, 1.82) is 0 Å². The summed E-state index contributed by atoms with van der Waals surface area (Å²) in [6.45, 7) is 4.02. The molecule has 0 amide bonds. The van der Waals surface area contributed by atoms with Crippen molar-refractivity contribution in [3.63, 3.8) is 0 Å². The van der Waals surface area contributed by atoms with Crippen LogP contribution in [0.25, 0.3) is 0 Å². The molecule has 19 heavy (non-hydrogen) atoms. The molecule has 2 N–H and O–H groups in total. The summed E-state index contributed by atoms with van der Waals surface area (Å²) in [6, 6.07) is 2.68. The monoisotopic (exact) mass is 282 g/mol. The normalized spacial score (nSPS) is 12.5. The van der Waals surface area contributed by atoms with Gasteiger partial charge in [0.1, 0.15) is 0 Å². The Morgan fingerprint density at radius 2 is 2.37 bits per heavy atom. The summed E-state index contributed by atoms with van der Waals surface area (Å²) in [5, 5.41) is 18.4. The smallest absolute Gasteiger partial charge is 0.315 e. The molecule has 1 unspecified atom stereocenters. The number of thiophene rings is 1. The van der Waals surface area contributed by atoms with Crippen LogP contribution in [0.2, 0.25) is 0 Å². The molecule has 0 aliphatic heterocycles. The minimum atomic E-state index is 0.154. The highest BCUT2D eigenvalue weighted by atomic mass is 32.1. The largest absolute Gasteiger partial charge is 0.407 e. The van der Waals surface area contributed by atoms with E-state index in [1.807, 2.05) is 5.38 Å². The number of ether oxygens (including phenoxy) is 1. The third-order valence-corrected chi connectivity index (χ3v) is 3.31. The van der Waals surface area contributed by atoms with E-state index >= 15 is 0 Å². The SMILES string of the molecule is COCCNCc1nnc(NC(C)c2ccsc2)o1. The highest BCUT2D eigenvalue weighted by molar-refractivity contribution is 7.07. The van der Waals surface area contributed by atoms with E-state index in [-0.39, 0.29) is 6.04 Å². The summed E-state index contributed by atoms with van der Waals surface area (Å²) in [7, 11) is 1.67. The molecule has 0 bridgehead atoms. The number of methoxy groups -OCH3 is 1. The Labute approximate surface area is 116 Å². The molecular weight excluding hydrogens is 264 g/mol. The lowest BCUT2D eigenvalue weighted by molar-refractivity contribution is 0.198. The Balaban J connectivity index is 1.80. The van der Waals surface area contributed by atoms with E-state index in [2.05, 4.69) is 39.2 Å². The quantitative estimate of drug-likeness (QED) is 0.722. The van der Waals surface area contributed by atoms with Gasteiger partial charge in [0.05, 0.1) is 19.2 Å². The predicted molar refractivity (Wildman–Crippen MR) is 74.2 cm³/mol. The van der Waals surface area contributed by atoms with Crippen molar-refractivity contribution in [2.24, 2.45) is 0 Å². The molecule has 2 aromatic rings. The van der Waals surface area contributed by atoms with Gasteiger partial charge in [-0.1, -0.05) is 5.10 Å². The highest BCUT2D eigenvalue weighted by Gasteiger charge is 2.10. The van der Waals surface area contributed by atoms with Gasteiger partial charge in [0.2, 0.25) is 5.89 Å². The van der Waals surface area contributed by atoms with Gasteiger partial charge in [0.15, 0.2) is 0 Å². The van der Waals surface area contributed by atoms with Crippen molar-refractivity contribution in [2.45, 2.75) is 19.5 Å². The second-order valence-corrected chi connectivity index (χ2v) is 4.87. The van der Waals surface area contributed by atoms with Crippen molar-refractivity contribution in [3.05, 3.63) is 28.3 Å². The molecule has 0 saturated heterocycles. The van der Waals surface area contributed by atoms with Crippen molar-refractivity contribution in [3.8, 4) is 0 Å². The first kappa shape index (κ1) is 14.0. The van der Waals surface area contributed by atoms with Gasteiger partial charge in [0, 0.05) is 13.7 Å². The van der Waals surface area contributed by atoms with E-state index in [0.717, 1.165) is 6.54 Å². The van der Waals surface area contributed by atoms with Crippen LogP contribution < -0.4 is 10.6 Å². The molecule has 1 atom stereocenters. The maximum Gasteiger partial charge on any atom is 0.315 e. The number of hydrogen-bond donors (Lipinski definition) is 2. The van der Waals surface area contributed by atoms with Crippen LogP contribution in [0, 0.1) is 0 Å². The zero-order valence-electron chi connectivity index (χ0n) is 11.0. The van der Waals surface area contributed by atoms with E-state index in [1.165, 1.54) is 5.56 Å². The molecule has 104 valence electrons. The number of hydrogen-bond acceptors (Lipinski definition) is 7. The summed E-state index contributed by atoms with van der Waals surface area (Å²) in [5.74, 6) is 0.566. The summed E-state index contributed by atoms with van der Waals surface area (Å²) >= 11 is 1.67. The lowest BCUT2D eigenvalue weighted by Crippen LogP contribution is -2.18. The fraction of sp³-hybridized carbons (Fsp3) is 0.500. The first-order chi connectivity index (χ1) is 9.29. The van der Waals surface area contributed by atoms with Gasteiger partial charge in [0.25, 0.3) is 0 Å². The minimum absolute atomic E-state index is 0.154. The second kappa shape index (κ2) is 7.22. The first-order valence-electron chi connectivity index (χ1n) is 6.10. The summed E-state index contributed by atoms with van der Waals surface area (Å²) in [4.78, 5) is 0. The topological polar surface area (TPSA) is 72.2 Å². The van der Waals surface area contributed by atoms with Crippen LogP contribution in [0.4, 0.5) is 6.01 Å². The average molecular weight is 282 g/mol. The third kappa shape index (κ3) is 4.30. The molecule has 0 aliphatic rings. The lowest BCUT2D eigenvalue weighted by Gasteiger charge is -2.09. The zero-order chi connectivity index (χ0) is 13.5. The predicted octanol–water partition coefficient (Wildman–Crippen LogP) is 2.04. The zero-order valence-corrected chi connectivity index (χ0v) is 11.9. The van der Waals surface area contributed by atoms with Crippen LogP contribution in [0.1, 0.15) is 24.4 Å². The third-order valence-electron chi connectivity index (χ3n) is 2.61. The summed E-state index contributed by atoms with van der Waals surface area (Å²) in [6.07, 6.45) is 0. The molecule has 6 nitrogen and oxygen atoms in total. The first-order valence-corrected chi connectivity index (χ1v) is 7.04. The Morgan fingerprint density at radius 1 is 1.47 bits per heavy atom. The fourth-order valence-electron chi connectivity index (χ4n) is 1.54. The van der Waals surface area contributed by atoms with E-state index < -0.39 is 0 Å². The van der Waals surface area contributed by atoms with Crippen LogP contribution in [0.3, 0.4) is 0 Å². The van der Waals surface area contributed by atoms with Crippen LogP contribution >= 0.6 is 11.3 Å². The number of aromatic nitrogens is 2. The average Bonchev–Trinajstić information content (AvgIpc) is 3.06. The molecule has 2 rings (SSSR count). The van der Waals surface area contributed by atoms with Crippen molar-refractivity contribution in [2.75, 3.05) is 25.6 Å².